The molecule has 1 fully saturated rings. The number of fused-ring (bicyclic) bond motifs is 4. The van der Waals surface area contributed by atoms with E-state index in [9.17, 15) is 0 Å². The van der Waals surface area contributed by atoms with Gasteiger partial charge in [0.25, 0.3) is 0 Å². The van der Waals surface area contributed by atoms with E-state index in [0.717, 1.165) is 0 Å². The van der Waals surface area contributed by atoms with Crippen molar-refractivity contribution in [1.29, 1.82) is 0 Å². The van der Waals surface area contributed by atoms with Crippen LogP contribution in [0.3, 0.4) is 0 Å². The topological polar surface area (TPSA) is 27.8 Å². The van der Waals surface area contributed by atoms with Gasteiger partial charge in [-0.1, -0.05) is 42.0 Å². The van der Waals surface area contributed by atoms with Gasteiger partial charge < -0.3 is 10.3 Å². The molecule has 0 unspecified atom stereocenters. The number of benzene rings is 2. The van der Waals surface area contributed by atoms with Crippen LogP contribution in [0.4, 0.5) is 0 Å². The van der Waals surface area contributed by atoms with Crippen molar-refractivity contribution in [2.45, 2.75) is 62.8 Å². The minimum atomic E-state index is 0.132. The molecule has 140 valence electrons. The van der Waals surface area contributed by atoms with Gasteiger partial charge in [-0.3, -0.25) is 0 Å². The Morgan fingerprint density at radius 3 is 2.44 bits per heavy atom. The molecule has 0 amide bonds. The summed E-state index contributed by atoms with van der Waals surface area (Å²) in [5, 5.41) is 5.17. The molecule has 2 aliphatic carbocycles. The maximum atomic E-state index is 3.87. The molecule has 0 radical (unpaired) electrons. The van der Waals surface area contributed by atoms with Crippen molar-refractivity contribution in [1.82, 2.24) is 10.3 Å². The van der Waals surface area contributed by atoms with Gasteiger partial charge in [0, 0.05) is 27.6 Å². The Bertz CT molecular complexity index is 959. The third-order valence-corrected chi connectivity index (χ3v) is 7.54. The first-order valence-corrected chi connectivity index (χ1v) is 10.5. The fourth-order valence-corrected chi connectivity index (χ4v) is 5.90. The summed E-state index contributed by atoms with van der Waals surface area (Å²) in [6, 6.07) is 18.0. The highest BCUT2D eigenvalue weighted by atomic mass is 14.9. The fraction of sp³-hybridized carbons (Fsp3) is 0.440. The quantitative estimate of drug-likeness (QED) is 0.601. The minimum Gasteiger partial charge on any atom is -0.358 e. The number of nitrogens with one attached hydrogen (secondary N) is 2. The van der Waals surface area contributed by atoms with Gasteiger partial charge in [-0.05, 0) is 82.2 Å². The number of rotatable bonds is 2. The molecule has 2 N–H and O–H groups in total. The van der Waals surface area contributed by atoms with Crippen molar-refractivity contribution in [3.8, 4) is 0 Å². The predicted octanol–water partition coefficient (Wildman–Crippen LogP) is 5.74. The molecular weight excluding hydrogens is 328 g/mol. The summed E-state index contributed by atoms with van der Waals surface area (Å²) >= 11 is 0. The van der Waals surface area contributed by atoms with E-state index in [1.807, 2.05) is 0 Å². The summed E-state index contributed by atoms with van der Waals surface area (Å²) < 4.78 is 0. The number of aromatic nitrogens is 1. The van der Waals surface area contributed by atoms with E-state index in [2.05, 4.69) is 72.8 Å². The summed E-state index contributed by atoms with van der Waals surface area (Å²) in [5.41, 5.74) is 7.79. The largest absolute Gasteiger partial charge is 0.358 e. The number of aryl methyl sites for hydroxylation is 2. The lowest BCUT2D eigenvalue weighted by atomic mass is 9.60. The highest BCUT2D eigenvalue weighted by molar-refractivity contribution is 5.86. The van der Waals surface area contributed by atoms with E-state index < -0.39 is 0 Å². The summed E-state index contributed by atoms with van der Waals surface area (Å²) in [5.74, 6) is 0. The Kier molecular flexibility index (Phi) is 3.94. The minimum absolute atomic E-state index is 0.132. The zero-order valence-electron chi connectivity index (χ0n) is 16.6. The van der Waals surface area contributed by atoms with Gasteiger partial charge in [-0.25, -0.2) is 0 Å². The van der Waals surface area contributed by atoms with E-state index in [1.165, 1.54) is 67.0 Å². The predicted molar refractivity (Wildman–Crippen MR) is 113 cm³/mol. The zero-order chi connectivity index (χ0) is 18.5. The van der Waals surface area contributed by atoms with Crippen molar-refractivity contribution in [2.75, 3.05) is 7.05 Å². The van der Waals surface area contributed by atoms with Crippen LogP contribution in [0.25, 0.3) is 10.9 Å². The van der Waals surface area contributed by atoms with Crippen molar-refractivity contribution < 1.29 is 0 Å². The van der Waals surface area contributed by atoms with Crippen LogP contribution in [0.5, 0.6) is 0 Å². The molecule has 1 saturated carbocycles. The van der Waals surface area contributed by atoms with E-state index in [4.69, 9.17) is 0 Å². The first-order chi connectivity index (χ1) is 13.2. The molecule has 2 heteroatoms. The van der Waals surface area contributed by atoms with Gasteiger partial charge in [0.2, 0.25) is 0 Å². The van der Waals surface area contributed by atoms with Crippen LogP contribution >= 0.6 is 0 Å². The van der Waals surface area contributed by atoms with Crippen LogP contribution < -0.4 is 5.32 Å². The lowest BCUT2D eigenvalue weighted by Gasteiger charge is -2.48. The van der Waals surface area contributed by atoms with Gasteiger partial charge >= 0.3 is 0 Å². The fourth-order valence-electron chi connectivity index (χ4n) is 5.90. The molecule has 0 atom stereocenters. The SMILES string of the molecule is CNC1(c2ccccc2)CCC2(CCCc3c2[nH]c2ccc(C)cc32)CC1. The first-order valence-electron chi connectivity index (χ1n) is 10.5. The summed E-state index contributed by atoms with van der Waals surface area (Å²) in [6.45, 7) is 2.21. The van der Waals surface area contributed by atoms with Crippen LogP contribution in [-0.2, 0) is 17.4 Å². The molecule has 1 spiro atoms. The second kappa shape index (κ2) is 6.24. The molecule has 0 saturated heterocycles. The normalized spacial score (nSPS) is 27.8. The Hall–Kier alpha value is -2.06. The number of aromatic amines is 1. The number of H-pyrrole nitrogens is 1. The number of hydrogen-bond donors (Lipinski definition) is 2. The van der Waals surface area contributed by atoms with Crippen LogP contribution in [0, 0.1) is 6.92 Å². The zero-order valence-corrected chi connectivity index (χ0v) is 16.6. The van der Waals surface area contributed by atoms with Crippen molar-refractivity contribution in [3.05, 3.63) is 70.9 Å². The van der Waals surface area contributed by atoms with Crippen LogP contribution in [0.2, 0.25) is 0 Å². The average Bonchev–Trinajstić information content (AvgIpc) is 3.09. The molecule has 0 bridgehead atoms. The van der Waals surface area contributed by atoms with Gasteiger partial charge in [-0.15, -0.1) is 0 Å². The van der Waals surface area contributed by atoms with E-state index >= 15 is 0 Å². The smallest absolute Gasteiger partial charge is 0.0459 e. The van der Waals surface area contributed by atoms with Gasteiger partial charge in [-0.2, -0.15) is 0 Å². The monoisotopic (exact) mass is 358 g/mol. The Morgan fingerprint density at radius 1 is 0.926 bits per heavy atom. The molecule has 2 aliphatic rings. The first kappa shape index (κ1) is 17.1. The van der Waals surface area contributed by atoms with Crippen LogP contribution in [-0.4, -0.2) is 12.0 Å². The molecule has 1 heterocycles. The van der Waals surface area contributed by atoms with Crippen molar-refractivity contribution >= 4 is 10.9 Å². The van der Waals surface area contributed by atoms with E-state index in [0.29, 0.717) is 5.41 Å². The van der Waals surface area contributed by atoms with E-state index in [-0.39, 0.29) is 5.54 Å². The van der Waals surface area contributed by atoms with Crippen molar-refractivity contribution in [2.24, 2.45) is 0 Å². The molecular formula is C25H30N2. The average molecular weight is 359 g/mol. The highest BCUT2D eigenvalue weighted by Gasteiger charge is 2.46. The third-order valence-electron chi connectivity index (χ3n) is 7.54. The van der Waals surface area contributed by atoms with Crippen LogP contribution in [0.1, 0.15) is 60.9 Å². The van der Waals surface area contributed by atoms with Gasteiger partial charge in [0.15, 0.2) is 0 Å². The van der Waals surface area contributed by atoms with Crippen LogP contribution in [0.15, 0.2) is 48.5 Å². The molecule has 3 aromatic rings. The summed E-state index contributed by atoms with van der Waals surface area (Å²) in [6.07, 6.45) is 8.84. The molecule has 27 heavy (non-hydrogen) atoms. The van der Waals surface area contributed by atoms with Crippen molar-refractivity contribution in [3.63, 3.8) is 0 Å². The molecule has 0 aliphatic heterocycles. The summed E-state index contributed by atoms with van der Waals surface area (Å²) in [7, 11) is 2.14. The maximum Gasteiger partial charge on any atom is 0.0459 e. The Morgan fingerprint density at radius 2 is 1.70 bits per heavy atom. The lowest BCUT2D eigenvalue weighted by Crippen LogP contribution is -2.48. The molecule has 5 rings (SSSR count). The van der Waals surface area contributed by atoms with Gasteiger partial charge in [0.1, 0.15) is 0 Å². The molecule has 1 aromatic heterocycles. The highest BCUT2D eigenvalue weighted by Crippen LogP contribution is 2.52. The maximum absolute atomic E-state index is 3.87. The lowest BCUT2D eigenvalue weighted by molar-refractivity contribution is 0.152. The second-order valence-corrected chi connectivity index (χ2v) is 8.86. The summed E-state index contributed by atoms with van der Waals surface area (Å²) in [4.78, 5) is 3.87. The standard InChI is InChI=1S/C25H30N2/c1-18-10-11-22-21(17-18)20-9-6-12-24(23(20)27-22)13-15-25(26-2,16-14-24)19-7-4-3-5-8-19/h3-5,7-8,10-11,17,26-27H,6,9,12-16H2,1-2H3. The van der Waals surface area contributed by atoms with Gasteiger partial charge in [0.05, 0.1) is 0 Å². The second-order valence-electron chi connectivity index (χ2n) is 8.86. The molecule has 2 nitrogen and oxygen atoms in total. The number of hydrogen-bond acceptors (Lipinski definition) is 1. The van der Waals surface area contributed by atoms with E-state index in [1.54, 1.807) is 11.3 Å². The Balaban J connectivity index is 1.53. The molecule has 2 aromatic carbocycles. The Labute approximate surface area is 162 Å². The third kappa shape index (κ3) is 2.57.